The Morgan fingerprint density at radius 2 is 1.63 bits per heavy atom. The highest BCUT2D eigenvalue weighted by Gasteiger charge is 2.16. The summed E-state index contributed by atoms with van der Waals surface area (Å²) in [7, 11) is 1.38. The van der Waals surface area contributed by atoms with E-state index in [2.05, 4.69) is 48.3 Å². The first-order valence-corrected chi connectivity index (χ1v) is 13.5. The molecule has 6 nitrogen and oxygen atoms in total. The summed E-state index contributed by atoms with van der Waals surface area (Å²) in [5, 5.41) is 0. The maximum atomic E-state index is 12.3. The topological polar surface area (TPSA) is 74.2 Å². The number of esters is 1. The summed E-state index contributed by atoms with van der Waals surface area (Å²) in [6.45, 7) is 4.66. The van der Waals surface area contributed by atoms with Crippen LogP contribution in [0.2, 0.25) is 0 Å². The average molecular weight is 542 g/mol. The second-order valence-electron chi connectivity index (χ2n) is 9.59. The fourth-order valence-corrected chi connectivity index (χ4v) is 4.60. The fourth-order valence-electron chi connectivity index (χ4n) is 4.60. The highest BCUT2D eigenvalue weighted by molar-refractivity contribution is 5.92. The van der Waals surface area contributed by atoms with E-state index in [1.54, 1.807) is 18.3 Å². The Morgan fingerprint density at radius 1 is 0.829 bits per heavy atom. The minimum Gasteiger partial charge on any atom is -0.493 e. The van der Waals surface area contributed by atoms with E-state index >= 15 is 0 Å². The first kappa shape index (κ1) is 27.5. The second-order valence-corrected chi connectivity index (χ2v) is 9.59. The van der Waals surface area contributed by atoms with Crippen LogP contribution in [0.15, 0.2) is 97.6 Å². The number of aryl methyl sites for hydroxylation is 1. The summed E-state index contributed by atoms with van der Waals surface area (Å²) in [5.74, 6) is 0.280. The molecule has 0 spiro atoms. The molecule has 0 bridgehead atoms. The quantitative estimate of drug-likeness (QED) is 0.176. The van der Waals surface area contributed by atoms with Crippen molar-refractivity contribution in [2.75, 3.05) is 13.7 Å². The van der Waals surface area contributed by atoms with E-state index in [1.807, 2.05) is 61.9 Å². The van der Waals surface area contributed by atoms with E-state index in [9.17, 15) is 4.79 Å². The van der Waals surface area contributed by atoms with Crippen LogP contribution in [-0.4, -0.2) is 34.6 Å². The van der Waals surface area contributed by atoms with Crippen molar-refractivity contribution in [3.63, 3.8) is 0 Å². The molecule has 3 aromatic heterocycles. The lowest BCUT2D eigenvalue weighted by atomic mass is 9.97. The molecular weight excluding hydrogens is 510 g/mol. The molecule has 0 unspecified atom stereocenters. The number of hydrogen-bond acceptors (Lipinski definition) is 6. The molecule has 0 fully saturated rings. The zero-order chi connectivity index (χ0) is 28.6. The molecule has 6 heteroatoms. The molecule has 5 rings (SSSR count). The van der Waals surface area contributed by atoms with Crippen LogP contribution >= 0.6 is 0 Å². The van der Waals surface area contributed by atoms with Gasteiger partial charge in [-0.1, -0.05) is 49.4 Å². The van der Waals surface area contributed by atoms with Gasteiger partial charge in [-0.05, 0) is 66.9 Å². The molecule has 0 radical (unpaired) electrons. The minimum atomic E-state index is -0.405. The molecule has 0 aliphatic heterocycles. The Balaban J connectivity index is 1.63. The lowest BCUT2D eigenvalue weighted by molar-refractivity contribution is 0.0600. The van der Waals surface area contributed by atoms with Gasteiger partial charge in [0.25, 0.3) is 0 Å². The molecule has 2 aromatic carbocycles. The molecule has 41 heavy (non-hydrogen) atoms. The summed E-state index contributed by atoms with van der Waals surface area (Å²) in [6, 6.07) is 23.5. The number of pyridine rings is 3. The third-order valence-corrected chi connectivity index (χ3v) is 6.63. The van der Waals surface area contributed by atoms with Crippen LogP contribution in [0.25, 0.3) is 45.8 Å². The SMILES string of the molecule is CCCOc1ccc(C(=O)OC)cc1-c1cnc(-c2cnc(-c3cccnc3)c(C)c2)c(/C=C/c2ccccc2)c1. The van der Waals surface area contributed by atoms with Crippen LogP contribution in [0.4, 0.5) is 0 Å². The Bertz CT molecular complexity index is 1680. The number of hydrogen-bond donors (Lipinski definition) is 0. The highest BCUT2D eigenvalue weighted by atomic mass is 16.5. The summed E-state index contributed by atoms with van der Waals surface area (Å²) < 4.78 is 11.0. The molecule has 0 N–H and O–H groups in total. The molecule has 0 saturated heterocycles. The van der Waals surface area contributed by atoms with Crippen molar-refractivity contribution in [2.24, 2.45) is 0 Å². The Hall–Kier alpha value is -5.10. The van der Waals surface area contributed by atoms with Crippen LogP contribution in [0.1, 0.15) is 40.4 Å². The van der Waals surface area contributed by atoms with Gasteiger partial charge in [-0.25, -0.2) is 4.79 Å². The third-order valence-electron chi connectivity index (χ3n) is 6.63. The van der Waals surface area contributed by atoms with Crippen LogP contribution in [0, 0.1) is 6.92 Å². The maximum Gasteiger partial charge on any atom is 0.337 e. The van der Waals surface area contributed by atoms with E-state index in [4.69, 9.17) is 19.4 Å². The second kappa shape index (κ2) is 12.8. The van der Waals surface area contributed by atoms with Gasteiger partial charge in [-0.2, -0.15) is 0 Å². The number of aromatic nitrogens is 3. The van der Waals surface area contributed by atoms with E-state index in [-0.39, 0.29) is 0 Å². The normalized spacial score (nSPS) is 11.0. The highest BCUT2D eigenvalue weighted by Crippen LogP contribution is 2.35. The zero-order valence-electron chi connectivity index (χ0n) is 23.4. The first-order chi connectivity index (χ1) is 20.1. The molecule has 0 aliphatic carbocycles. The van der Waals surface area contributed by atoms with Crippen molar-refractivity contribution in [1.82, 2.24) is 15.0 Å². The average Bonchev–Trinajstić information content (AvgIpc) is 3.03. The van der Waals surface area contributed by atoms with Gasteiger partial charge < -0.3 is 9.47 Å². The number of carbonyl (C=O) groups is 1. The lowest BCUT2D eigenvalue weighted by Crippen LogP contribution is -2.03. The number of methoxy groups -OCH3 is 1. The molecule has 0 saturated carbocycles. The predicted octanol–water partition coefficient (Wildman–Crippen LogP) is 7.93. The van der Waals surface area contributed by atoms with Gasteiger partial charge in [0.2, 0.25) is 0 Å². The fraction of sp³-hybridized carbons (Fsp3) is 0.143. The number of nitrogens with zero attached hydrogens (tertiary/aromatic N) is 3. The van der Waals surface area contributed by atoms with Crippen LogP contribution in [-0.2, 0) is 4.74 Å². The summed E-state index contributed by atoms with van der Waals surface area (Å²) in [6.07, 6.45) is 12.2. The monoisotopic (exact) mass is 541 g/mol. The third kappa shape index (κ3) is 6.39. The Kier molecular flexibility index (Phi) is 8.60. The van der Waals surface area contributed by atoms with Crippen molar-refractivity contribution in [2.45, 2.75) is 20.3 Å². The number of carbonyl (C=O) groups excluding carboxylic acids is 1. The molecular formula is C35H31N3O3. The van der Waals surface area contributed by atoms with Crippen molar-refractivity contribution in [1.29, 1.82) is 0 Å². The molecule has 0 aliphatic rings. The zero-order valence-corrected chi connectivity index (χ0v) is 23.4. The van der Waals surface area contributed by atoms with Crippen LogP contribution in [0.5, 0.6) is 5.75 Å². The van der Waals surface area contributed by atoms with Crippen molar-refractivity contribution in [3.05, 3.63) is 120 Å². The predicted molar refractivity (Wildman–Crippen MR) is 163 cm³/mol. The van der Waals surface area contributed by atoms with Gasteiger partial charge in [0.15, 0.2) is 0 Å². The van der Waals surface area contributed by atoms with Gasteiger partial charge in [-0.15, -0.1) is 0 Å². The van der Waals surface area contributed by atoms with Gasteiger partial charge >= 0.3 is 5.97 Å². The Morgan fingerprint density at radius 3 is 2.37 bits per heavy atom. The smallest absolute Gasteiger partial charge is 0.337 e. The molecule has 0 amide bonds. The largest absolute Gasteiger partial charge is 0.493 e. The summed E-state index contributed by atoms with van der Waals surface area (Å²) >= 11 is 0. The molecule has 0 atom stereocenters. The minimum absolute atomic E-state index is 0.405. The van der Waals surface area contributed by atoms with Gasteiger partial charge in [0.05, 0.1) is 30.7 Å². The van der Waals surface area contributed by atoms with Crippen molar-refractivity contribution < 1.29 is 14.3 Å². The van der Waals surface area contributed by atoms with Crippen molar-refractivity contribution >= 4 is 18.1 Å². The maximum absolute atomic E-state index is 12.3. The van der Waals surface area contributed by atoms with Crippen LogP contribution < -0.4 is 4.74 Å². The standard InChI is InChI=1S/C35H31N3O3/c1-4-17-41-32-15-14-27(35(39)40-3)20-31(32)29-19-26(13-12-25-9-6-5-7-10-25)34(38-22-29)30-18-24(2)33(37-23-30)28-11-8-16-36-21-28/h5-16,18-23H,4,17H2,1-3H3/b13-12+. The van der Waals surface area contributed by atoms with Crippen LogP contribution in [0.3, 0.4) is 0 Å². The van der Waals surface area contributed by atoms with Crippen molar-refractivity contribution in [3.8, 4) is 39.4 Å². The van der Waals surface area contributed by atoms with E-state index in [0.717, 1.165) is 56.8 Å². The number of benzene rings is 2. The number of ether oxygens (including phenoxy) is 2. The van der Waals surface area contributed by atoms with Gasteiger partial charge in [0.1, 0.15) is 5.75 Å². The van der Waals surface area contributed by atoms with Gasteiger partial charge in [-0.3, -0.25) is 15.0 Å². The molecule has 3 heterocycles. The lowest BCUT2D eigenvalue weighted by Gasteiger charge is -2.15. The Labute approximate surface area is 240 Å². The van der Waals surface area contributed by atoms with E-state index < -0.39 is 5.97 Å². The summed E-state index contributed by atoms with van der Waals surface area (Å²) in [5.41, 5.74) is 8.62. The summed E-state index contributed by atoms with van der Waals surface area (Å²) in [4.78, 5) is 26.3. The van der Waals surface area contributed by atoms with Gasteiger partial charge in [0, 0.05) is 52.6 Å². The molecule has 5 aromatic rings. The molecule has 204 valence electrons. The number of rotatable bonds is 9. The first-order valence-electron chi connectivity index (χ1n) is 13.5. The van der Waals surface area contributed by atoms with E-state index in [0.29, 0.717) is 17.9 Å². The van der Waals surface area contributed by atoms with E-state index in [1.165, 1.54) is 7.11 Å².